The van der Waals surface area contributed by atoms with Crippen LogP contribution in [-0.4, -0.2) is 23.5 Å². The van der Waals surface area contributed by atoms with Crippen molar-refractivity contribution in [1.82, 2.24) is 5.32 Å². The van der Waals surface area contributed by atoms with Crippen LogP contribution in [0.25, 0.3) is 0 Å². The molecule has 1 unspecified atom stereocenters. The van der Waals surface area contributed by atoms with Crippen LogP contribution >= 0.6 is 0 Å². The number of amides is 1. The topological polar surface area (TPSA) is 79.5 Å². The molecule has 5 nitrogen and oxygen atoms in total. The number of carboxylic acids is 1. The van der Waals surface area contributed by atoms with E-state index < -0.39 is 11.9 Å². The van der Waals surface area contributed by atoms with Crippen molar-refractivity contribution in [2.75, 3.05) is 6.54 Å². The highest BCUT2D eigenvalue weighted by Gasteiger charge is 2.15. The van der Waals surface area contributed by atoms with E-state index in [0.29, 0.717) is 13.0 Å². The van der Waals surface area contributed by atoms with Gasteiger partial charge in [0.05, 0.1) is 5.92 Å². The van der Waals surface area contributed by atoms with Crippen molar-refractivity contribution in [3.05, 3.63) is 23.7 Å². The summed E-state index contributed by atoms with van der Waals surface area (Å²) in [6, 6.07) is 3.73. The van der Waals surface area contributed by atoms with Crippen LogP contribution in [0.5, 0.6) is 0 Å². The third-order valence-electron chi connectivity index (χ3n) is 2.40. The zero-order valence-corrected chi connectivity index (χ0v) is 10.0. The molecule has 94 valence electrons. The molecule has 2 N–H and O–H groups in total. The molecule has 17 heavy (non-hydrogen) atoms. The molecule has 0 saturated carbocycles. The molecule has 0 aliphatic carbocycles. The first-order valence-electron chi connectivity index (χ1n) is 5.54. The van der Waals surface area contributed by atoms with Crippen molar-refractivity contribution in [2.24, 2.45) is 5.92 Å². The number of nitrogens with one attached hydrogen (secondary N) is 1. The van der Waals surface area contributed by atoms with Crippen LogP contribution in [0.4, 0.5) is 0 Å². The van der Waals surface area contributed by atoms with Gasteiger partial charge in [0.2, 0.25) is 5.91 Å². The zero-order chi connectivity index (χ0) is 12.8. The van der Waals surface area contributed by atoms with Gasteiger partial charge in [0.25, 0.3) is 0 Å². The van der Waals surface area contributed by atoms with Crippen LogP contribution in [0.3, 0.4) is 0 Å². The second kappa shape index (κ2) is 6.08. The molecule has 0 aromatic carbocycles. The molecule has 1 aromatic heterocycles. The minimum Gasteiger partial charge on any atom is -0.481 e. The van der Waals surface area contributed by atoms with Crippen LogP contribution < -0.4 is 5.32 Å². The lowest BCUT2D eigenvalue weighted by Crippen LogP contribution is -2.28. The average Bonchev–Trinajstić information content (AvgIpc) is 2.64. The number of aryl methyl sites for hydroxylation is 1. The third kappa shape index (κ3) is 4.72. The number of aliphatic carboxylic acids is 1. The summed E-state index contributed by atoms with van der Waals surface area (Å²) >= 11 is 0. The van der Waals surface area contributed by atoms with Gasteiger partial charge in [-0.25, -0.2) is 0 Å². The highest BCUT2D eigenvalue weighted by molar-refractivity contribution is 5.81. The molecule has 1 heterocycles. The van der Waals surface area contributed by atoms with Crippen LogP contribution in [0.1, 0.15) is 24.9 Å². The van der Waals surface area contributed by atoms with Crippen LogP contribution in [0, 0.1) is 12.8 Å². The maximum absolute atomic E-state index is 11.3. The van der Waals surface area contributed by atoms with Crippen LogP contribution in [-0.2, 0) is 16.0 Å². The number of carboxylic acid groups (broad SMARTS) is 1. The van der Waals surface area contributed by atoms with E-state index in [4.69, 9.17) is 9.52 Å². The maximum atomic E-state index is 11.3. The van der Waals surface area contributed by atoms with Gasteiger partial charge in [-0.3, -0.25) is 9.59 Å². The molecule has 0 aliphatic rings. The number of carbonyl (C=O) groups is 2. The quantitative estimate of drug-likeness (QED) is 0.785. The Balaban J connectivity index is 2.22. The van der Waals surface area contributed by atoms with Crippen LogP contribution in [0.15, 0.2) is 16.5 Å². The van der Waals surface area contributed by atoms with Crippen molar-refractivity contribution in [3.8, 4) is 0 Å². The van der Waals surface area contributed by atoms with Crippen LogP contribution in [0.2, 0.25) is 0 Å². The highest BCUT2D eigenvalue weighted by Crippen LogP contribution is 2.06. The van der Waals surface area contributed by atoms with Gasteiger partial charge in [-0.15, -0.1) is 0 Å². The molecule has 0 aliphatic heterocycles. The van der Waals surface area contributed by atoms with Crippen molar-refractivity contribution >= 4 is 11.9 Å². The molecular weight excluding hydrogens is 222 g/mol. The van der Waals surface area contributed by atoms with E-state index in [0.717, 1.165) is 11.5 Å². The van der Waals surface area contributed by atoms with Crippen molar-refractivity contribution < 1.29 is 19.1 Å². The number of hydrogen-bond donors (Lipinski definition) is 2. The summed E-state index contributed by atoms with van der Waals surface area (Å²) in [6.07, 6.45) is 0.619. The number of furan rings is 1. The fourth-order valence-corrected chi connectivity index (χ4v) is 1.38. The first kappa shape index (κ1) is 13.3. The molecule has 0 fully saturated rings. The summed E-state index contributed by atoms with van der Waals surface area (Å²) in [5, 5.41) is 11.3. The van der Waals surface area contributed by atoms with Gasteiger partial charge in [-0.05, 0) is 19.1 Å². The molecule has 1 aromatic rings. The Bertz CT molecular complexity index is 397. The number of rotatable bonds is 6. The normalized spacial score (nSPS) is 12.1. The van der Waals surface area contributed by atoms with Crippen molar-refractivity contribution in [3.63, 3.8) is 0 Å². The fourth-order valence-electron chi connectivity index (χ4n) is 1.38. The van der Waals surface area contributed by atoms with E-state index in [-0.39, 0.29) is 12.3 Å². The summed E-state index contributed by atoms with van der Waals surface area (Å²) in [4.78, 5) is 21.9. The Labute approximate surface area is 99.8 Å². The summed E-state index contributed by atoms with van der Waals surface area (Å²) in [6.45, 7) is 3.83. The van der Waals surface area contributed by atoms with Gasteiger partial charge < -0.3 is 14.8 Å². The Morgan fingerprint density at radius 1 is 1.47 bits per heavy atom. The minimum atomic E-state index is -0.957. The van der Waals surface area contributed by atoms with Gasteiger partial charge in [0, 0.05) is 19.4 Å². The summed E-state index contributed by atoms with van der Waals surface area (Å²) < 4.78 is 5.34. The second-order valence-electron chi connectivity index (χ2n) is 4.06. The molecule has 0 saturated heterocycles. The molecule has 1 rings (SSSR count). The molecule has 1 amide bonds. The number of hydrogen-bond acceptors (Lipinski definition) is 3. The Kier molecular flexibility index (Phi) is 4.75. The number of carbonyl (C=O) groups excluding carboxylic acids is 1. The van der Waals surface area contributed by atoms with E-state index in [2.05, 4.69) is 5.32 Å². The lowest BCUT2D eigenvalue weighted by Gasteiger charge is -2.06. The minimum absolute atomic E-state index is 0.00646. The largest absolute Gasteiger partial charge is 0.481 e. The Morgan fingerprint density at radius 3 is 2.71 bits per heavy atom. The highest BCUT2D eigenvalue weighted by atomic mass is 16.4. The average molecular weight is 239 g/mol. The first-order chi connectivity index (χ1) is 7.99. The van der Waals surface area contributed by atoms with Gasteiger partial charge in [-0.1, -0.05) is 6.92 Å². The lowest BCUT2D eigenvalue weighted by atomic mass is 10.1. The molecule has 0 spiro atoms. The molecule has 5 heteroatoms. The Hall–Kier alpha value is -1.78. The molecule has 0 radical (unpaired) electrons. The molecule has 0 bridgehead atoms. The van der Waals surface area contributed by atoms with Gasteiger partial charge >= 0.3 is 5.97 Å². The lowest BCUT2D eigenvalue weighted by molar-refractivity contribution is -0.143. The van der Waals surface area contributed by atoms with Crippen molar-refractivity contribution in [2.45, 2.75) is 26.7 Å². The van der Waals surface area contributed by atoms with E-state index in [1.165, 1.54) is 6.92 Å². The first-order valence-corrected chi connectivity index (χ1v) is 5.54. The van der Waals surface area contributed by atoms with E-state index in [1.807, 2.05) is 19.1 Å². The van der Waals surface area contributed by atoms with E-state index in [1.54, 1.807) is 0 Å². The smallest absolute Gasteiger partial charge is 0.306 e. The third-order valence-corrected chi connectivity index (χ3v) is 2.40. The standard InChI is InChI=1S/C12H17NO4/c1-8(12(15)16)7-11(14)13-6-5-10-4-3-9(2)17-10/h3-4,8H,5-7H2,1-2H3,(H,13,14)(H,15,16). The summed E-state index contributed by atoms with van der Waals surface area (Å²) in [5.41, 5.74) is 0. The van der Waals surface area contributed by atoms with Gasteiger partial charge in [0.15, 0.2) is 0 Å². The van der Waals surface area contributed by atoms with Gasteiger partial charge in [0.1, 0.15) is 11.5 Å². The monoisotopic (exact) mass is 239 g/mol. The van der Waals surface area contributed by atoms with Crippen molar-refractivity contribution in [1.29, 1.82) is 0 Å². The second-order valence-corrected chi connectivity index (χ2v) is 4.06. The SMILES string of the molecule is Cc1ccc(CCNC(=O)CC(C)C(=O)O)o1. The fraction of sp³-hybridized carbons (Fsp3) is 0.500. The molecule has 1 atom stereocenters. The zero-order valence-electron chi connectivity index (χ0n) is 10.0. The van der Waals surface area contributed by atoms with E-state index >= 15 is 0 Å². The Morgan fingerprint density at radius 2 is 2.18 bits per heavy atom. The predicted molar refractivity (Wildman–Crippen MR) is 61.6 cm³/mol. The summed E-state index contributed by atoms with van der Waals surface area (Å²) in [5.74, 6) is -0.203. The summed E-state index contributed by atoms with van der Waals surface area (Å²) in [7, 11) is 0. The maximum Gasteiger partial charge on any atom is 0.306 e. The molecular formula is C12H17NO4. The van der Waals surface area contributed by atoms with Gasteiger partial charge in [-0.2, -0.15) is 0 Å². The predicted octanol–water partition coefficient (Wildman–Crippen LogP) is 1.36. The van der Waals surface area contributed by atoms with E-state index in [9.17, 15) is 9.59 Å².